The molecule has 0 heterocycles. The van der Waals surface area contributed by atoms with Crippen LogP contribution in [0, 0.1) is 5.82 Å². The molecule has 0 unspecified atom stereocenters. The SMILES string of the molecule is O=C(NCCc1ccc(F)cc1)C(=O)Nc1ccccc1C(F)(F)F. The van der Waals surface area contributed by atoms with Crippen LogP contribution in [-0.2, 0) is 22.2 Å². The number of carbonyl (C=O) groups is 2. The molecular weight excluding hydrogens is 340 g/mol. The molecule has 4 nitrogen and oxygen atoms in total. The number of benzene rings is 2. The monoisotopic (exact) mass is 354 g/mol. The molecule has 0 bridgehead atoms. The number of nitrogens with one attached hydrogen (secondary N) is 2. The van der Waals surface area contributed by atoms with Gasteiger partial charge in [0.2, 0.25) is 0 Å². The van der Waals surface area contributed by atoms with Gasteiger partial charge in [-0.2, -0.15) is 13.2 Å². The van der Waals surface area contributed by atoms with Gasteiger partial charge in [0.15, 0.2) is 0 Å². The van der Waals surface area contributed by atoms with E-state index in [1.54, 1.807) is 0 Å². The molecule has 0 spiro atoms. The highest BCUT2D eigenvalue weighted by molar-refractivity contribution is 6.39. The predicted molar refractivity (Wildman–Crippen MR) is 83.2 cm³/mol. The molecule has 0 aliphatic heterocycles. The summed E-state index contributed by atoms with van der Waals surface area (Å²) in [5.41, 5.74) is -0.791. The van der Waals surface area contributed by atoms with Gasteiger partial charge in [0.1, 0.15) is 5.82 Å². The van der Waals surface area contributed by atoms with Crippen molar-refractivity contribution >= 4 is 17.5 Å². The lowest BCUT2D eigenvalue weighted by Gasteiger charge is -2.13. The van der Waals surface area contributed by atoms with Gasteiger partial charge >= 0.3 is 18.0 Å². The number of carbonyl (C=O) groups excluding carboxylic acids is 2. The van der Waals surface area contributed by atoms with Crippen LogP contribution in [0.2, 0.25) is 0 Å². The molecule has 0 saturated carbocycles. The number of anilines is 1. The Morgan fingerprint density at radius 2 is 1.56 bits per heavy atom. The molecular formula is C17H14F4N2O2. The topological polar surface area (TPSA) is 58.2 Å². The molecule has 2 rings (SSSR count). The molecule has 0 aliphatic carbocycles. The number of hydrogen-bond donors (Lipinski definition) is 2. The lowest BCUT2D eigenvalue weighted by atomic mass is 10.1. The van der Waals surface area contributed by atoms with Gasteiger partial charge in [-0.1, -0.05) is 24.3 Å². The van der Waals surface area contributed by atoms with Gasteiger partial charge < -0.3 is 10.6 Å². The Morgan fingerprint density at radius 3 is 2.20 bits per heavy atom. The predicted octanol–water partition coefficient (Wildman–Crippen LogP) is 3.14. The van der Waals surface area contributed by atoms with Crippen molar-refractivity contribution in [3.8, 4) is 0 Å². The van der Waals surface area contributed by atoms with Crippen LogP contribution in [0.3, 0.4) is 0 Å². The van der Waals surface area contributed by atoms with Gasteiger partial charge in [-0.25, -0.2) is 4.39 Å². The quantitative estimate of drug-likeness (QED) is 0.655. The molecule has 0 aromatic heterocycles. The van der Waals surface area contributed by atoms with Gasteiger partial charge in [-0.05, 0) is 36.2 Å². The first-order valence-corrected chi connectivity index (χ1v) is 7.27. The van der Waals surface area contributed by atoms with Crippen LogP contribution < -0.4 is 10.6 Å². The third-order valence-corrected chi connectivity index (χ3v) is 3.30. The van der Waals surface area contributed by atoms with E-state index < -0.39 is 35.1 Å². The summed E-state index contributed by atoms with van der Waals surface area (Å²) in [6, 6.07) is 9.95. The molecule has 2 aromatic rings. The number of amides is 2. The fourth-order valence-corrected chi connectivity index (χ4v) is 2.07. The van der Waals surface area contributed by atoms with Crippen molar-refractivity contribution in [1.82, 2.24) is 5.32 Å². The van der Waals surface area contributed by atoms with Gasteiger partial charge in [0.25, 0.3) is 0 Å². The third kappa shape index (κ3) is 5.30. The first-order valence-electron chi connectivity index (χ1n) is 7.27. The fourth-order valence-electron chi connectivity index (χ4n) is 2.07. The smallest absolute Gasteiger partial charge is 0.347 e. The van der Waals surface area contributed by atoms with E-state index in [0.717, 1.165) is 17.7 Å². The number of alkyl halides is 3. The molecule has 132 valence electrons. The Bertz CT molecular complexity index is 758. The van der Waals surface area contributed by atoms with Crippen molar-refractivity contribution in [3.05, 3.63) is 65.5 Å². The van der Waals surface area contributed by atoms with Crippen LogP contribution in [-0.4, -0.2) is 18.4 Å². The summed E-state index contributed by atoms with van der Waals surface area (Å²) in [6.45, 7) is 0.0821. The zero-order chi connectivity index (χ0) is 18.4. The zero-order valence-electron chi connectivity index (χ0n) is 12.9. The summed E-state index contributed by atoms with van der Waals surface area (Å²) in [5.74, 6) is -2.65. The average Bonchev–Trinajstić information content (AvgIpc) is 2.56. The van der Waals surface area contributed by atoms with Crippen molar-refractivity contribution in [2.45, 2.75) is 12.6 Å². The largest absolute Gasteiger partial charge is 0.418 e. The second kappa shape index (κ2) is 7.78. The van der Waals surface area contributed by atoms with E-state index in [1.165, 1.54) is 36.4 Å². The molecule has 0 fully saturated rings. The molecule has 0 radical (unpaired) electrons. The van der Waals surface area contributed by atoms with E-state index in [1.807, 2.05) is 5.32 Å². The van der Waals surface area contributed by atoms with Gasteiger partial charge in [-0.3, -0.25) is 9.59 Å². The van der Waals surface area contributed by atoms with Crippen molar-refractivity contribution < 1.29 is 27.2 Å². The number of rotatable bonds is 4. The Morgan fingerprint density at radius 1 is 0.920 bits per heavy atom. The summed E-state index contributed by atoms with van der Waals surface area (Å²) in [4.78, 5) is 23.4. The highest BCUT2D eigenvalue weighted by atomic mass is 19.4. The van der Waals surface area contributed by atoms with E-state index in [2.05, 4.69) is 5.32 Å². The highest BCUT2D eigenvalue weighted by Crippen LogP contribution is 2.34. The summed E-state index contributed by atoms with van der Waals surface area (Å²) in [5, 5.41) is 4.25. The third-order valence-electron chi connectivity index (χ3n) is 3.30. The average molecular weight is 354 g/mol. The molecule has 8 heteroatoms. The molecule has 0 atom stereocenters. The van der Waals surface area contributed by atoms with Gasteiger partial charge in [0, 0.05) is 6.54 Å². The van der Waals surface area contributed by atoms with Crippen LogP contribution in [0.15, 0.2) is 48.5 Å². The summed E-state index contributed by atoms with van der Waals surface area (Å²) < 4.78 is 51.3. The maximum absolute atomic E-state index is 12.8. The minimum absolute atomic E-state index is 0.0821. The van der Waals surface area contributed by atoms with Gasteiger partial charge in [-0.15, -0.1) is 0 Å². The van der Waals surface area contributed by atoms with Gasteiger partial charge in [0.05, 0.1) is 11.3 Å². The first-order chi connectivity index (χ1) is 11.8. The summed E-state index contributed by atoms with van der Waals surface area (Å²) in [6.07, 6.45) is -4.30. The summed E-state index contributed by atoms with van der Waals surface area (Å²) >= 11 is 0. The van der Waals surface area contributed by atoms with Crippen molar-refractivity contribution in [3.63, 3.8) is 0 Å². The normalized spacial score (nSPS) is 11.0. The molecule has 0 saturated heterocycles. The maximum atomic E-state index is 12.8. The second-order valence-corrected chi connectivity index (χ2v) is 5.13. The Kier molecular flexibility index (Phi) is 5.74. The first kappa shape index (κ1) is 18.4. The molecule has 2 N–H and O–H groups in total. The minimum atomic E-state index is -4.65. The van der Waals surface area contributed by atoms with E-state index in [9.17, 15) is 27.2 Å². The van der Waals surface area contributed by atoms with E-state index in [0.29, 0.717) is 6.42 Å². The Labute approximate surface area is 140 Å². The molecule has 0 aliphatic rings. The molecule has 2 amide bonds. The fraction of sp³-hybridized carbons (Fsp3) is 0.176. The Hall–Kier alpha value is -2.90. The van der Waals surface area contributed by atoms with Crippen molar-refractivity contribution in [2.75, 3.05) is 11.9 Å². The van der Waals surface area contributed by atoms with Crippen LogP contribution in [0.5, 0.6) is 0 Å². The molecule has 2 aromatic carbocycles. The lowest BCUT2D eigenvalue weighted by molar-refractivity contribution is -0.138. The van der Waals surface area contributed by atoms with Crippen molar-refractivity contribution in [2.24, 2.45) is 0 Å². The number of halogens is 4. The van der Waals surface area contributed by atoms with Crippen LogP contribution in [0.25, 0.3) is 0 Å². The number of para-hydroxylation sites is 1. The standard InChI is InChI=1S/C17H14F4N2O2/c18-12-7-5-11(6-8-12)9-10-22-15(24)16(25)23-14-4-2-1-3-13(14)17(19,20)21/h1-8H,9-10H2,(H,22,24)(H,23,25). The van der Waals surface area contributed by atoms with Crippen LogP contribution in [0.4, 0.5) is 23.2 Å². The maximum Gasteiger partial charge on any atom is 0.418 e. The number of hydrogen-bond acceptors (Lipinski definition) is 2. The van der Waals surface area contributed by atoms with Crippen LogP contribution >= 0.6 is 0 Å². The zero-order valence-corrected chi connectivity index (χ0v) is 12.9. The van der Waals surface area contributed by atoms with E-state index in [4.69, 9.17) is 0 Å². The second-order valence-electron chi connectivity index (χ2n) is 5.13. The highest BCUT2D eigenvalue weighted by Gasteiger charge is 2.33. The molecule has 25 heavy (non-hydrogen) atoms. The minimum Gasteiger partial charge on any atom is -0.347 e. The summed E-state index contributed by atoms with van der Waals surface area (Å²) in [7, 11) is 0. The van der Waals surface area contributed by atoms with E-state index >= 15 is 0 Å². The van der Waals surface area contributed by atoms with Crippen LogP contribution in [0.1, 0.15) is 11.1 Å². The Balaban J connectivity index is 1.91. The lowest BCUT2D eigenvalue weighted by Crippen LogP contribution is -2.36. The van der Waals surface area contributed by atoms with Crippen molar-refractivity contribution in [1.29, 1.82) is 0 Å². The van der Waals surface area contributed by atoms with E-state index in [-0.39, 0.29) is 6.54 Å².